The van der Waals surface area contributed by atoms with E-state index in [9.17, 15) is 5.11 Å². The highest BCUT2D eigenvalue weighted by molar-refractivity contribution is 14.0. The smallest absolute Gasteiger partial charge is 0.191 e. The molecule has 154 valence electrons. The van der Waals surface area contributed by atoms with Crippen molar-refractivity contribution < 1.29 is 5.11 Å². The molecule has 2 atom stereocenters. The highest BCUT2D eigenvalue weighted by atomic mass is 127. The van der Waals surface area contributed by atoms with Crippen LogP contribution in [-0.2, 0) is 12.8 Å². The molecule has 1 aromatic carbocycles. The zero-order valence-corrected chi connectivity index (χ0v) is 19.6. The van der Waals surface area contributed by atoms with Crippen LogP contribution in [0.4, 0.5) is 0 Å². The van der Waals surface area contributed by atoms with Gasteiger partial charge in [0.25, 0.3) is 0 Å². The first kappa shape index (κ1) is 23.0. The second-order valence-corrected chi connectivity index (χ2v) is 7.72. The molecular formula is C20H29ClIN5O. The Morgan fingerprint density at radius 2 is 2.21 bits per heavy atom. The van der Waals surface area contributed by atoms with Crippen molar-refractivity contribution in [1.29, 1.82) is 0 Å². The fraction of sp³-hybridized carbons (Fsp3) is 0.500. The summed E-state index contributed by atoms with van der Waals surface area (Å²) in [5.41, 5.74) is 3.30. The van der Waals surface area contributed by atoms with Gasteiger partial charge >= 0.3 is 0 Å². The minimum atomic E-state index is -0.651. The van der Waals surface area contributed by atoms with E-state index < -0.39 is 6.10 Å². The number of halogens is 2. The number of aromatic nitrogens is 2. The van der Waals surface area contributed by atoms with Crippen LogP contribution in [0.5, 0.6) is 0 Å². The van der Waals surface area contributed by atoms with Gasteiger partial charge in [0.2, 0.25) is 0 Å². The lowest BCUT2D eigenvalue weighted by atomic mass is 9.94. The zero-order chi connectivity index (χ0) is 19.4. The second kappa shape index (κ2) is 10.5. The molecule has 0 aliphatic heterocycles. The number of fused-ring (bicyclic) bond motifs is 1. The van der Waals surface area contributed by atoms with Crippen molar-refractivity contribution in [2.24, 2.45) is 4.99 Å². The summed E-state index contributed by atoms with van der Waals surface area (Å²) in [4.78, 5) is 4.29. The number of nitrogens with one attached hydrogen (secondary N) is 2. The molecule has 2 unspecified atom stereocenters. The van der Waals surface area contributed by atoms with Crippen LogP contribution in [0.3, 0.4) is 0 Å². The first-order chi connectivity index (χ1) is 13.0. The molecule has 1 aromatic heterocycles. The van der Waals surface area contributed by atoms with Crippen LogP contribution in [0.1, 0.15) is 49.2 Å². The number of aliphatic hydroxyl groups is 1. The SMILES string of the molecule is CN=C(NCC(O)c1cccc(Cl)c1)NC1CCc2cn(C(C)C)nc2C1.I. The average Bonchev–Trinajstić information content (AvgIpc) is 3.08. The summed E-state index contributed by atoms with van der Waals surface area (Å²) in [6, 6.07) is 7.93. The number of hydrogen-bond donors (Lipinski definition) is 3. The average molecular weight is 518 g/mol. The standard InChI is InChI=1S/C20H28ClN5O.HI/c1-13(2)26-12-15-7-8-17(10-18(15)25-26)24-20(22-3)23-11-19(27)14-5-4-6-16(21)9-14;/h4-6,9,12-13,17,19,27H,7-8,10-11H2,1-3H3,(H2,22,23,24);1H. The van der Waals surface area contributed by atoms with Gasteiger partial charge < -0.3 is 15.7 Å². The molecule has 3 N–H and O–H groups in total. The van der Waals surface area contributed by atoms with E-state index in [4.69, 9.17) is 16.7 Å². The highest BCUT2D eigenvalue weighted by Gasteiger charge is 2.23. The third-order valence-electron chi connectivity index (χ3n) is 4.89. The Hall–Kier alpha value is -1.32. The van der Waals surface area contributed by atoms with E-state index in [0.29, 0.717) is 23.6 Å². The molecule has 0 radical (unpaired) electrons. The van der Waals surface area contributed by atoms with Crippen LogP contribution in [0.2, 0.25) is 5.02 Å². The molecule has 2 aromatic rings. The number of aliphatic imine (C=N–C) groups is 1. The van der Waals surface area contributed by atoms with Crippen molar-refractivity contribution in [3.63, 3.8) is 0 Å². The summed E-state index contributed by atoms with van der Waals surface area (Å²) >= 11 is 5.99. The largest absolute Gasteiger partial charge is 0.387 e. The van der Waals surface area contributed by atoms with Crippen LogP contribution >= 0.6 is 35.6 Å². The van der Waals surface area contributed by atoms with Gasteiger partial charge in [-0.2, -0.15) is 5.10 Å². The number of hydrogen-bond acceptors (Lipinski definition) is 3. The van der Waals surface area contributed by atoms with Crippen molar-refractivity contribution in [1.82, 2.24) is 20.4 Å². The highest BCUT2D eigenvalue weighted by Crippen LogP contribution is 2.22. The number of aryl methyl sites for hydroxylation is 1. The first-order valence-electron chi connectivity index (χ1n) is 9.44. The lowest BCUT2D eigenvalue weighted by Crippen LogP contribution is -2.46. The maximum absolute atomic E-state index is 10.4. The van der Waals surface area contributed by atoms with Crippen molar-refractivity contribution in [3.05, 3.63) is 52.3 Å². The van der Waals surface area contributed by atoms with Crippen LogP contribution in [-0.4, -0.2) is 40.5 Å². The minimum Gasteiger partial charge on any atom is -0.387 e. The maximum Gasteiger partial charge on any atom is 0.191 e. The molecule has 0 amide bonds. The van der Waals surface area contributed by atoms with Gasteiger partial charge in [-0.3, -0.25) is 9.67 Å². The predicted octanol–water partition coefficient (Wildman–Crippen LogP) is 3.49. The fourth-order valence-electron chi connectivity index (χ4n) is 3.31. The Bertz CT molecular complexity index is 808. The summed E-state index contributed by atoms with van der Waals surface area (Å²) in [6.07, 6.45) is 4.45. The van der Waals surface area contributed by atoms with E-state index in [1.165, 1.54) is 11.3 Å². The number of aliphatic hydroxyl groups excluding tert-OH is 1. The van der Waals surface area contributed by atoms with E-state index in [2.05, 4.69) is 35.7 Å². The van der Waals surface area contributed by atoms with Crippen LogP contribution in [0, 0.1) is 0 Å². The van der Waals surface area contributed by atoms with Gasteiger partial charge in [-0.1, -0.05) is 23.7 Å². The van der Waals surface area contributed by atoms with E-state index in [-0.39, 0.29) is 30.0 Å². The molecule has 0 saturated carbocycles. The molecule has 0 fully saturated rings. The van der Waals surface area contributed by atoms with Gasteiger partial charge in [0, 0.05) is 43.3 Å². The Morgan fingerprint density at radius 1 is 1.43 bits per heavy atom. The number of guanidine groups is 1. The van der Waals surface area contributed by atoms with Gasteiger partial charge in [0.1, 0.15) is 0 Å². The predicted molar refractivity (Wildman–Crippen MR) is 125 cm³/mol. The van der Waals surface area contributed by atoms with Gasteiger partial charge in [-0.15, -0.1) is 24.0 Å². The zero-order valence-electron chi connectivity index (χ0n) is 16.5. The Balaban J connectivity index is 0.00000280. The van der Waals surface area contributed by atoms with E-state index in [1.54, 1.807) is 19.2 Å². The monoisotopic (exact) mass is 517 g/mol. The van der Waals surface area contributed by atoms with Crippen molar-refractivity contribution >= 4 is 41.5 Å². The molecule has 0 saturated heterocycles. The summed E-state index contributed by atoms with van der Waals surface area (Å²) < 4.78 is 2.04. The summed E-state index contributed by atoms with van der Waals surface area (Å²) in [5, 5.41) is 22.4. The summed E-state index contributed by atoms with van der Waals surface area (Å²) in [7, 11) is 1.74. The molecule has 8 heteroatoms. The van der Waals surface area contributed by atoms with Crippen LogP contribution in [0.15, 0.2) is 35.5 Å². The van der Waals surface area contributed by atoms with Crippen molar-refractivity contribution in [3.8, 4) is 0 Å². The molecule has 28 heavy (non-hydrogen) atoms. The molecule has 1 aliphatic rings. The lowest BCUT2D eigenvalue weighted by molar-refractivity contribution is 0.180. The quantitative estimate of drug-likeness (QED) is 0.322. The van der Waals surface area contributed by atoms with Gasteiger partial charge in [-0.05, 0) is 49.9 Å². The van der Waals surface area contributed by atoms with Crippen molar-refractivity contribution in [2.75, 3.05) is 13.6 Å². The number of nitrogens with zero attached hydrogens (tertiary/aromatic N) is 3. The first-order valence-corrected chi connectivity index (χ1v) is 9.81. The van der Waals surface area contributed by atoms with E-state index in [1.807, 2.05) is 16.8 Å². The van der Waals surface area contributed by atoms with Crippen LogP contribution in [0.25, 0.3) is 0 Å². The Kier molecular flexibility index (Phi) is 8.57. The van der Waals surface area contributed by atoms with Crippen LogP contribution < -0.4 is 10.6 Å². The molecule has 0 bridgehead atoms. The minimum absolute atomic E-state index is 0. The normalized spacial score (nSPS) is 17.6. The van der Waals surface area contributed by atoms with Crippen molar-refractivity contribution in [2.45, 2.75) is 51.3 Å². The maximum atomic E-state index is 10.4. The molecule has 1 aliphatic carbocycles. The molecule has 6 nitrogen and oxygen atoms in total. The van der Waals surface area contributed by atoms with Gasteiger partial charge in [-0.25, -0.2) is 0 Å². The molecular weight excluding hydrogens is 489 g/mol. The molecule has 3 rings (SSSR count). The number of benzene rings is 1. The molecule has 1 heterocycles. The van der Waals surface area contributed by atoms with Gasteiger partial charge in [0.05, 0.1) is 11.8 Å². The Morgan fingerprint density at radius 3 is 2.89 bits per heavy atom. The third kappa shape index (κ3) is 5.84. The van der Waals surface area contributed by atoms with Gasteiger partial charge in [0.15, 0.2) is 5.96 Å². The molecule has 0 spiro atoms. The topological polar surface area (TPSA) is 74.5 Å². The fourth-order valence-corrected chi connectivity index (χ4v) is 3.51. The second-order valence-electron chi connectivity index (χ2n) is 7.28. The van der Waals surface area contributed by atoms with E-state index >= 15 is 0 Å². The summed E-state index contributed by atoms with van der Waals surface area (Å²) in [6.45, 7) is 4.65. The lowest BCUT2D eigenvalue weighted by Gasteiger charge is -2.25. The van der Waals surface area contributed by atoms with E-state index in [0.717, 1.165) is 24.8 Å². The number of rotatable bonds is 5. The Labute approximate surface area is 188 Å². The third-order valence-corrected chi connectivity index (χ3v) is 5.12. The summed E-state index contributed by atoms with van der Waals surface area (Å²) in [5.74, 6) is 0.688.